The third-order valence-corrected chi connectivity index (χ3v) is 4.91. The molecule has 0 bridgehead atoms. The van der Waals surface area contributed by atoms with E-state index in [-0.39, 0.29) is 6.04 Å². The van der Waals surface area contributed by atoms with Crippen LogP contribution in [0, 0.1) is 20.8 Å². The molecule has 0 N–H and O–H groups in total. The molecule has 3 rings (SSSR count). The van der Waals surface area contributed by atoms with Crippen LogP contribution in [0.4, 0.5) is 0 Å². The molecule has 0 aliphatic heterocycles. The minimum absolute atomic E-state index is 0.0133. The molecule has 3 aromatic rings. The third kappa shape index (κ3) is 4.19. The number of ether oxygens (including phenoxy) is 1. The monoisotopic (exact) mass is 365 g/mol. The van der Waals surface area contributed by atoms with Crippen LogP contribution in [0.5, 0.6) is 5.75 Å². The zero-order valence-electron chi connectivity index (χ0n) is 16.9. The van der Waals surface area contributed by atoms with Crippen LogP contribution in [-0.4, -0.2) is 29.3 Å². The van der Waals surface area contributed by atoms with Gasteiger partial charge in [-0.3, -0.25) is 4.90 Å². The lowest BCUT2D eigenvalue weighted by Crippen LogP contribution is -2.22. The highest BCUT2D eigenvalue weighted by Crippen LogP contribution is 2.27. The third-order valence-electron chi connectivity index (χ3n) is 4.91. The van der Waals surface area contributed by atoms with Gasteiger partial charge >= 0.3 is 0 Å². The van der Waals surface area contributed by atoms with Gasteiger partial charge in [0.25, 0.3) is 0 Å². The summed E-state index contributed by atoms with van der Waals surface area (Å²) in [5.74, 6) is 2.13. The first-order valence-electron chi connectivity index (χ1n) is 9.14. The predicted molar refractivity (Wildman–Crippen MR) is 107 cm³/mol. The van der Waals surface area contributed by atoms with Gasteiger partial charge in [-0.25, -0.2) is 0 Å². The fraction of sp³-hybridized carbons (Fsp3) is 0.364. The standard InChI is InChI=1S/C22H27N3O2/c1-14-7-9-19(10-8-14)22-24-23-21(27-22)17(4)25(5)13-18-11-15(2)20(26-6)16(3)12-18/h7-12,17H,13H2,1-6H3. The maximum atomic E-state index is 5.93. The summed E-state index contributed by atoms with van der Waals surface area (Å²) >= 11 is 0. The molecule has 0 radical (unpaired) electrons. The van der Waals surface area contributed by atoms with Crippen molar-refractivity contribution < 1.29 is 9.15 Å². The summed E-state index contributed by atoms with van der Waals surface area (Å²) in [6.45, 7) is 9.07. The number of methoxy groups -OCH3 is 1. The van der Waals surface area contributed by atoms with Crippen molar-refractivity contribution in [2.24, 2.45) is 0 Å². The fourth-order valence-electron chi connectivity index (χ4n) is 3.28. The van der Waals surface area contributed by atoms with Crippen molar-refractivity contribution in [2.75, 3.05) is 14.2 Å². The van der Waals surface area contributed by atoms with E-state index >= 15 is 0 Å². The summed E-state index contributed by atoms with van der Waals surface area (Å²) in [7, 11) is 3.78. The Kier molecular flexibility index (Phi) is 5.61. The molecular weight excluding hydrogens is 338 g/mol. The number of aryl methyl sites for hydroxylation is 3. The predicted octanol–water partition coefficient (Wildman–Crippen LogP) is 4.86. The van der Waals surface area contributed by atoms with Gasteiger partial charge in [0.05, 0.1) is 13.2 Å². The normalized spacial score (nSPS) is 12.4. The van der Waals surface area contributed by atoms with Gasteiger partial charge in [0.2, 0.25) is 11.8 Å². The van der Waals surface area contributed by atoms with Gasteiger partial charge in [-0.2, -0.15) is 0 Å². The molecule has 1 unspecified atom stereocenters. The van der Waals surface area contributed by atoms with Crippen molar-refractivity contribution in [2.45, 2.75) is 40.3 Å². The average Bonchev–Trinajstić information content (AvgIpc) is 3.11. The summed E-state index contributed by atoms with van der Waals surface area (Å²) in [5, 5.41) is 8.48. The first kappa shape index (κ1) is 19.1. The maximum absolute atomic E-state index is 5.93. The first-order chi connectivity index (χ1) is 12.9. The summed E-state index contributed by atoms with van der Waals surface area (Å²) in [6.07, 6.45) is 0. The largest absolute Gasteiger partial charge is 0.496 e. The Morgan fingerprint density at radius 3 is 2.26 bits per heavy atom. The second-order valence-electron chi connectivity index (χ2n) is 7.17. The number of nitrogens with zero attached hydrogens (tertiary/aromatic N) is 3. The molecule has 0 aliphatic carbocycles. The van der Waals surface area contributed by atoms with Gasteiger partial charge in [-0.05, 0) is 63.6 Å². The SMILES string of the molecule is COc1c(C)cc(CN(C)C(C)c2nnc(-c3ccc(C)cc3)o2)cc1C. The van der Waals surface area contributed by atoms with Crippen LogP contribution in [-0.2, 0) is 6.54 Å². The molecular formula is C22H27N3O2. The van der Waals surface area contributed by atoms with Gasteiger partial charge in [0, 0.05) is 12.1 Å². The van der Waals surface area contributed by atoms with Crippen LogP contribution < -0.4 is 4.74 Å². The molecule has 1 atom stereocenters. The second-order valence-corrected chi connectivity index (χ2v) is 7.17. The molecule has 142 valence electrons. The Labute approximate surface area is 161 Å². The molecule has 1 heterocycles. The van der Waals surface area contributed by atoms with Gasteiger partial charge in [0.15, 0.2) is 0 Å². The molecule has 0 fully saturated rings. The minimum atomic E-state index is 0.0133. The number of rotatable bonds is 6. The molecule has 0 saturated carbocycles. The summed E-state index contributed by atoms with van der Waals surface area (Å²) < 4.78 is 11.4. The highest BCUT2D eigenvalue weighted by atomic mass is 16.5. The lowest BCUT2D eigenvalue weighted by Gasteiger charge is -2.22. The van der Waals surface area contributed by atoms with E-state index < -0.39 is 0 Å². The minimum Gasteiger partial charge on any atom is -0.496 e. The molecule has 27 heavy (non-hydrogen) atoms. The smallest absolute Gasteiger partial charge is 0.247 e. The van der Waals surface area contributed by atoms with Crippen LogP contribution in [0.15, 0.2) is 40.8 Å². The molecule has 0 amide bonds. The Bertz CT molecular complexity index is 893. The number of benzene rings is 2. The molecule has 0 spiro atoms. The van der Waals surface area contributed by atoms with Crippen LogP contribution in [0.2, 0.25) is 0 Å². The summed E-state index contributed by atoms with van der Waals surface area (Å²) in [6, 6.07) is 12.4. The summed E-state index contributed by atoms with van der Waals surface area (Å²) in [4.78, 5) is 2.20. The highest BCUT2D eigenvalue weighted by molar-refractivity contribution is 5.52. The lowest BCUT2D eigenvalue weighted by atomic mass is 10.0. The van der Waals surface area contributed by atoms with Gasteiger partial charge < -0.3 is 9.15 Å². The van der Waals surface area contributed by atoms with Crippen LogP contribution in [0.3, 0.4) is 0 Å². The van der Waals surface area contributed by atoms with E-state index in [2.05, 4.69) is 62.0 Å². The molecule has 0 aliphatic rings. The number of hydrogen-bond acceptors (Lipinski definition) is 5. The molecule has 2 aromatic carbocycles. The zero-order chi connectivity index (χ0) is 19.6. The van der Waals surface area contributed by atoms with E-state index in [1.807, 2.05) is 24.3 Å². The Hall–Kier alpha value is -2.66. The van der Waals surface area contributed by atoms with Crippen molar-refractivity contribution in [3.05, 3.63) is 64.5 Å². The quantitative estimate of drug-likeness (QED) is 0.624. The Morgan fingerprint density at radius 1 is 1.04 bits per heavy atom. The van der Waals surface area contributed by atoms with E-state index in [9.17, 15) is 0 Å². The van der Waals surface area contributed by atoms with Gasteiger partial charge in [-0.1, -0.05) is 29.8 Å². The average molecular weight is 365 g/mol. The van der Waals surface area contributed by atoms with Crippen LogP contribution >= 0.6 is 0 Å². The van der Waals surface area contributed by atoms with Gasteiger partial charge in [0.1, 0.15) is 5.75 Å². The fourth-order valence-corrected chi connectivity index (χ4v) is 3.28. The second kappa shape index (κ2) is 7.92. The summed E-state index contributed by atoms with van der Waals surface area (Å²) in [5.41, 5.74) is 5.67. The van der Waals surface area contributed by atoms with Crippen molar-refractivity contribution in [1.82, 2.24) is 15.1 Å². The van der Waals surface area contributed by atoms with Crippen molar-refractivity contribution in [3.8, 4) is 17.2 Å². The Balaban J connectivity index is 1.74. The van der Waals surface area contributed by atoms with E-state index in [0.717, 1.165) is 29.0 Å². The maximum Gasteiger partial charge on any atom is 0.247 e. The van der Waals surface area contributed by atoms with E-state index in [1.165, 1.54) is 11.1 Å². The van der Waals surface area contributed by atoms with Crippen LogP contribution in [0.25, 0.3) is 11.5 Å². The van der Waals surface area contributed by atoms with E-state index in [1.54, 1.807) is 7.11 Å². The van der Waals surface area contributed by atoms with E-state index in [4.69, 9.17) is 9.15 Å². The molecule has 5 heteroatoms. The van der Waals surface area contributed by atoms with Gasteiger partial charge in [-0.15, -0.1) is 10.2 Å². The van der Waals surface area contributed by atoms with Crippen molar-refractivity contribution >= 4 is 0 Å². The molecule has 5 nitrogen and oxygen atoms in total. The van der Waals surface area contributed by atoms with Crippen molar-refractivity contribution in [1.29, 1.82) is 0 Å². The van der Waals surface area contributed by atoms with Crippen molar-refractivity contribution in [3.63, 3.8) is 0 Å². The molecule has 0 saturated heterocycles. The highest BCUT2D eigenvalue weighted by Gasteiger charge is 2.20. The first-order valence-corrected chi connectivity index (χ1v) is 9.14. The topological polar surface area (TPSA) is 51.4 Å². The molecule has 1 aromatic heterocycles. The Morgan fingerprint density at radius 2 is 1.67 bits per heavy atom. The number of aromatic nitrogens is 2. The number of hydrogen-bond donors (Lipinski definition) is 0. The lowest BCUT2D eigenvalue weighted by molar-refractivity contribution is 0.218. The zero-order valence-corrected chi connectivity index (χ0v) is 16.9. The van der Waals surface area contributed by atoms with Crippen LogP contribution in [0.1, 0.15) is 41.1 Å². The van der Waals surface area contributed by atoms with E-state index in [0.29, 0.717) is 11.8 Å².